The van der Waals surface area contributed by atoms with Gasteiger partial charge in [-0.3, -0.25) is 14.4 Å². The van der Waals surface area contributed by atoms with Crippen LogP contribution >= 0.6 is 0 Å². The molecule has 0 fully saturated rings. The van der Waals surface area contributed by atoms with Gasteiger partial charge >= 0.3 is 6.36 Å². The molecule has 0 bridgehead atoms. The van der Waals surface area contributed by atoms with E-state index in [1.807, 2.05) is 0 Å². The molecule has 2 aromatic rings. The van der Waals surface area contributed by atoms with Gasteiger partial charge < -0.3 is 24.8 Å². The van der Waals surface area contributed by atoms with Crippen molar-refractivity contribution in [3.8, 4) is 5.75 Å². The maximum Gasteiger partial charge on any atom is 0.573 e. The van der Waals surface area contributed by atoms with Crippen molar-refractivity contribution in [2.75, 3.05) is 19.8 Å². The third-order valence-electron chi connectivity index (χ3n) is 5.38. The highest BCUT2D eigenvalue weighted by Gasteiger charge is 2.31. The van der Waals surface area contributed by atoms with Crippen LogP contribution in [0.1, 0.15) is 40.7 Å². The van der Waals surface area contributed by atoms with E-state index in [1.54, 1.807) is 24.3 Å². The molecule has 0 aromatic heterocycles. The number of alkyl halides is 3. The monoisotopic (exact) mass is 508 g/mol. The minimum Gasteiger partial charge on any atom is -0.406 e. The molecule has 1 heterocycles. The molecule has 11 heteroatoms. The zero-order valence-corrected chi connectivity index (χ0v) is 19.4. The lowest BCUT2D eigenvalue weighted by molar-refractivity contribution is -0.274. The second-order valence-electron chi connectivity index (χ2n) is 8.08. The molecule has 36 heavy (non-hydrogen) atoms. The Hall–Kier alpha value is -3.44. The number of nitrogens with one attached hydrogen (secondary N) is 2. The summed E-state index contributed by atoms with van der Waals surface area (Å²) >= 11 is 0. The third-order valence-corrected chi connectivity index (χ3v) is 5.38. The van der Waals surface area contributed by atoms with Crippen molar-refractivity contribution < 1.29 is 41.8 Å². The molecule has 0 radical (unpaired) electrons. The molecule has 1 unspecified atom stereocenters. The number of rotatable bonds is 5. The lowest BCUT2D eigenvalue weighted by Crippen LogP contribution is -2.47. The quantitative estimate of drug-likeness (QED) is 0.601. The molecule has 8 nitrogen and oxygen atoms in total. The first-order valence-corrected chi connectivity index (χ1v) is 11.4. The first kappa shape index (κ1) is 27.2. The van der Waals surface area contributed by atoms with E-state index in [-0.39, 0.29) is 19.6 Å². The fourth-order valence-electron chi connectivity index (χ4n) is 3.56. The van der Waals surface area contributed by atoms with E-state index in [2.05, 4.69) is 15.4 Å². The van der Waals surface area contributed by atoms with E-state index in [9.17, 15) is 27.6 Å². The zero-order chi connectivity index (χ0) is 26.0. The van der Waals surface area contributed by atoms with Crippen molar-refractivity contribution in [1.82, 2.24) is 10.6 Å². The van der Waals surface area contributed by atoms with Crippen molar-refractivity contribution in [1.29, 1.82) is 0 Å². The highest BCUT2D eigenvalue weighted by molar-refractivity contribution is 6.38. The van der Waals surface area contributed by atoms with Crippen LogP contribution in [0.4, 0.5) is 13.2 Å². The molecule has 2 amide bonds. The van der Waals surface area contributed by atoms with Crippen LogP contribution in [0.3, 0.4) is 0 Å². The van der Waals surface area contributed by atoms with Crippen molar-refractivity contribution in [2.24, 2.45) is 0 Å². The average molecular weight is 508 g/mol. The van der Waals surface area contributed by atoms with E-state index in [4.69, 9.17) is 9.47 Å². The molecule has 0 aliphatic carbocycles. The van der Waals surface area contributed by atoms with Gasteiger partial charge in [-0.2, -0.15) is 0 Å². The van der Waals surface area contributed by atoms with Crippen LogP contribution in [0.25, 0.3) is 0 Å². The molecular weight excluding hydrogens is 481 g/mol. The molecule has 194 valence electrons. The van der Waals surface area contributed by atoms with Crippen molar-refractivity contribution in [2.45, 2.75) is 44.8 Å². The summed E-state index contributed by atoms with van der Waals surface area (Å²) in [6.45, 7) is 1.34. The molecule has 1 aliphatic heterocycles. The van der Waals surface area contributed by atoms with Gasteiger partial charge in [-0.05, 0) is 48.6 Å². The van der Waals surface area contributed by atoms with E-state index < -0.39 is 35.8 Å². The van der Waals surface area contributed by atoms with Gasteiger partial charge in [0.2, 0.25) is 5.78 Å². The van der Waals surface area contributed by atoms with Crippen molar-refractivity contribution in [3.05, 3.63) is 65.2 Å². The number of hydrogen-bond donors (Lipinski definition) is 2. The van der Waals surface area contributed by atoms with Gasteiger partial charge in [-0.15, -0.1) is 13.2 Å². The number of fused-ring (bicyclic) bond motifs is 1. The van der Waals surface area contributed by atoms with Gasteiger partial charge in [0.25, 0.3) is 11.8 Å². The second kappa shape index (κ2) is 13.0. The van der Waals surface area contributed by atoms with Gasteiger partial charge in [-0.1, -0.05) is 30.3 Å². The number of amides is 2. The summed E-state index contributed by atoms with van der Waals surface area (Å²) in [5.74, 6) is -2.62. The summed E-state index contributed by atoms with van der Waals surface area (Å²) in [6.07, 6.45) is -3.40. The van der Waals surface area contributed by atoms with Crippen LogP contribution < -0.4 is 15.4 Å². The highest BCUT2D eigenvalue weighted by atomic mass is 19.4. The summed E-state index contributed by atoms with van der Waals surface area (Å²) in [5.41, 5.74) is 1.45. The van der Waals surface area contributed by atoms with E-state index in [0.717, 1.165) is 12.1 Å². The Morgan fingerprint density at radius 1 is 1.00 bits per heavy atom. The Kier molecular flexibility index (Phi) is 9.83. The molecular formula is C25H27F3N2O6. The summed E-state index contributed by atoms with van der Waals surface area (Å²) < 4.78 is 51.8. The summed E-state index contributed by atoms with van der Waals surface area (Å²) in [6, 6.07) is 10.7. The first-order valence-electron chi connectivity index (χ1n) is 11.4. The van der Waals surface area contributed by atoms with Crippen LogP contribution in [-0.2, 0) is 32.2 Å². The minimum atomic E-state index is -4.81. The summed E-state index contributed by atoms with van der Waals surface area (Å²) in [4.78, 5) is 38.4. The van der Waals surface area contributed by atoms with Crippen molar-refractivity contribution in [3.63, 3.8) is 0 Å². The number of carbonyl (C=O) groups excluding carboxylic acids is 3. The van der Waals surface area contributed by atoms with E-state index in [0.29, 0.717) is 49.4 Å². The topological polar surface area (TPSA) is 103 Å². The van der Waals surface area contributed by atoms with Crippen LogP contribution in [0, 0.1) is 0 Å². The second-order valence-corrected chi connectivity index (χ2v) is 8.08. The molecule has 1 aliphatic rings. The highest BCUT2D eigenvalue weighted by Crippen LogP contribution is 2.22. The molecule has 2 N–H and O–H groups in total. The van der Waals surface area contributed by atoms with E-state index in [1.165, 1.54) is 12.1 Å². The van der Waals surface area contributed by atoms with Gasteiger partial charge in [0, 0.05) is 18.7 Å². The number of ether oxygens (including phenoxy) is 3. The molecule has 0 saturated heterocycles. The largest absolute Gasteiger partial charge is 0.573 e. The van der Waals surface area contributed by atoms with Crippen LogP contribution in [0.2, 0.25) is 0 Å². The Labute approximate surface area is 206 Å². The number of hydrogen-bond acceptors (Lipinski definition) is 6. The number of halogens is 3. The van der Waals surface area contributed by atoms with Crippen LogP contribution in [0.5, 0.6) is 5.75 Å². The maximum absolute atomic E-state index is 13.0. The molecule has 0 spiro atoms. The average Bonchev–Trinajstić information content (AvgIpc) is 2.84. The number of ketones is 1. The Balaban J connectivity index is 1.65. The molecule has 0 saturated carbocycles. The summed E-state index contributed by atoms with van der Waals surface area (Å²) in [7, 11) is 0. The smallest absolute Gasteiger partial charge is 0.406 e. The van der Waals surface area contributed by atoms with Crippen LogP contribution in [0.15, 0.2) is 48.5 Å². The summed E-state index contributed by atoms with van der Waals surface area (Å²) in [5, 5.41) is 5.12. The van der Waals surface area contributed by atoms with Gasteiger partial charge in [0.1, 0.15) is 5.75 Å². The number of carbonyl (C=O) groups is 3. The predicted octanol–water partition coefficient (Wildman–Crippen LogP) is 3.29. The lowest BCUT2D eigenvalue weighted by Gasteiger charge is -2.19. The van der Waals surface area contributed by atoms with Gasteiger partial charge in [0.05, 0.1) is 25.9 Å². The number of Topliss-reactive ketones (excluding diaryl/α,β-unsaturated/α-hetero) is 1. The molecule has 3 rings (SSSR count). The predicted molar refractivity (Wildman–Crippen MR) is 122 cm³/mol. The van der Waals surface area contributed by atoms with Crippen molar-refractivity contribution >= 4 is 17.6 Å². The standard InChI is InChI=1S/C25H27F3N2O6/c26-25(27,28)36-19-10-8-17(9-11-19)15-29-24(33)22(31)21-7-3-4-12-34-13-14-35-16-18-5-1-2-6-20(18)23(32)30-21/h1-2,5-6,8-11,21H,3-4,7,12-16H2,(H,29,33)(H,30,32). The van der Waals surface area contributed by atoms with Gasteiger partial charge in [-0.25, -0.2) is 0 Å². The van der Waals surface area contributed by atoms with Crippen LogP contribution in [-0.4, -0.2) is 49.8 Å². The lowest BCUT2D eigenvalue weighted by atomic mass is 10.0. The molecule has 1 atom stereocenters. The zero-order valence-electron chi connectivity index (χ0n) is 19.4. The molecule has 2 aromatic carbocycles. The SMILES string of the molecule is O=C(NCc1ccc(OC(F)(F)F)cc1)C(=O)C1CCCCOCCOCc2ccccc2C(=O)N1. The fraction of sp³-hybridized carbons (Fsp3) is 0.400. The van der Waals surface area contributed by atoms with Gasteiger partial charge in [0.15, 0.2) is 0 Å². The third kappa shape index (κ3) is 8.65. The maximum atomic E-state index is 13.0. The minimum absolute atomic E-state index is 0.0917. The first-order chi connectivity index (χ1) is 17.2. The van der Waals surface area contributed by atoms with E-state index >= 15 is 0 Å². The Bertz CT molecular complexity index is 1040. The fourth-order valence-corrected chi connectivity index (χ4v) is 3.56. The number of benzene rings is 2. The Morgan fingerprint density at radius 3 is 2.47 bits per heavy atom. The Morgan fingerprint density at radius 2 is 1.72 bits per heavy atom. The normalized spacial score (nSPS) is 17.8.